The molecule has 3 heterocycles. The van der Waals surface area contributed by atoms with Crippen LogP contribution in [-0.2, 0) is 19.0 Å². The molecule has 0 spiro atoms. The van der Waals surface area contributed by atoms with Crippen molar-refractivity contribution in [2.24, 2.45) is 17.8 Å². The molecule has 4 heteroatoms. The van der Waals surface area contributed by atoms with E-state index in [1.54, 1.807) is 0 Å². The average Bonchev–Trinajstić information content (AvgIpc) is 2.80. The van der Waals surface area contributed by atoms with Gasteiger partial charge in [-0.2, -0.15) is 0 Å². The van der Waals surface area contributed by atoms with Gasteiger partial charge >= 0.3 is 5.97 Å². The summed E-state index contributed by atoms with van der Waals surface area (Å²) >= 11 is 0. The maximum absolute atomic E-state index is 13.0. The highest BCUT2D eigenvalue weighted by molar-refractivity contribution is 5.70. The van der Waals surface area contributed by atoms with Gasteiger partial charge in [0, 0.05) is 5.92 Å². The first-order valence-electron chi connectivity index (χ1n) is 14.0. The third-order valence-electron chi connectivity index (χ3n) is 7.70. The number of hydrogen-bond donors (Lipinski definition) is 0. The summed E-state index contributed by atoms with van der Waals surface area (Å²) < 4.78 is 19.0. The van der Waals surface area contributed by atoms with Crippen LogP contribution in [0, 0.1) is 17.8 Å². The number of ether oxygens (including phenoxy) is 3. The van der Waals surface area contributed by atoms with Gasteiger partial charge in [0.15, 0.2) is 0 Å². The van der Waals surface area contributed by atoms with E-state index in [0.717, 1.165) is 44.9 Å². The Morgan fingerprint density at radius 2 is 1.63 bits per heavy atom. The molecular formula is C31H48O4. The fourth-order valence-corrected chi connectivity index (χ4v) is 5.53. The Bertz CT molecular complexity index is 779. The molecule has 0 amide bonds. The van der Waals surface area contributed by atoms with E-state index in [1.165, 1.54) is 12.0 Å². The van der Waals surface area contributed by atoms with E-state index in [0.29, 0.717) is 24.4 Å². The van der Waals surface area contributed by atoms with E-state index in [2.05, 4.69) is 52.8 Å². The highest BCUT2D eigenvalue weighted by Gasteiger charge is 2.33. The van der Waals surface area contributed by atoms with E-state index in [-0.39, 0.29) is 36.3 Å². The molecule has 3 unspecified atom stereocenters. The molecule has 35 heavy (non-hydrogen) atoms. The number of esters is 1. The highest BCUT2D eigenvalue weighted by Crippen LogP contribution is 2.33. The summed E-state index contributed by atoms with van der Waals surface area (Å²) in [5.74, 6) is 0.891. The van der Waals surface area contributed by atoms with Gasteiger partial charge in [0.2, 0.25) is 0 Å². The maximum atomic E-state index is 13.0. The zero-order valence-electron chi connectivity index (χ0n) is 22.7. The van der Waals surface area contributed by atoms with Crippen molar-refractivity contribution in [3.63, 3.8) is 0 Å². The maximum Gasteiger partial charge on any atom is 0.309 e. The zero-order valence-corrected chi connectivity index (χ0v) is 22.7. The monoisotopic (exact) mass is 484 g/mol. The predicted octanol–water partition coefficient (Wildman–Crippen LogP) is 7.50. The van der Waals surface area contributed by atoms with Gasteiger partial charge in [-0.25, -0.2) is 0 Å². The predicted molar refractivity (Wildman–Crippen MR) is 143 cm³/mol. The fourth-order valence-electron chi connectivity index (χ4n) is 5.53. The summed E-state index contributed by atoms with van der Waals surface area (Å²) in [6.07, 6.45) is 23.9. The summed E-state index contributed by atoms with van der Waals surface area (Å²) in [6.45, 7) is 10.9. The van der Waals surface area contributed by atoms with Crippen molar-refractivity contribution >= 4 is 5.97 Å². The molecule has 0 saturated carbocycles. The first-order chi connectivity index (χ1) is 16.8. The van der Waals surface area contributed by atoms with Crippen LogP contribution in [0.25, 0.3) is 0 Å². The summed E-state index contributed by atoms with van der Waals surface area (Å²) in [4.78, 5) is 13.0. The van der Waals surface area contributed by atoms with Crippen molar-refractivity contribution in [3.8, 4) is 0 Å². The van der Waals surface area contributed by atoms with E-state index in [1.807, 2.05) is 24.3 Å². The standard InChI is InChI=1S/C31H48O4/c1-6-22(2)11-8-7-9-14-30-25(5)16-15-23(3)17-26-12-10-13-27(33-26)20-28-18-24(4)19-29(34-28)21-31(32)35-30/h7-9,11,14-16,23-30H,6,10,12-13,17-21H2,1-5H3/b8-7-,14-9+,16-15+,22-11+/t23-,24+,25-,26+,27?,28+,29?,30?/m0/s1. The minimum atomic E-state index is -0.299. The van der Waals surface area contributed by atoms with Gasteiger partial charge in [-0.3, -0.25) is 4.79 Å². The molecule has 0 aromatic heterocycles. The second kappa shape index (κ2) is 14.2. The summed E-state index contributed by atoms with van der Waals surface area (Å²) in [5, 5.41) is 0. The number of fused-ring (bicyclic) bond motifs is 4. The lowest BCUT2D eigenvalue weighted by Gasteiger charge is -2.38. The molecule has 3 aliphatic heterocycles. The van der Waals surface area contributed by atoms with Crippen LogP contribution in [-0.4, -0.2) is 36.5 Å². The number of carbonyl (C=O) groups is 1. The van der Waals surface area contributed by atoms with E-state index >= 15 is 0 Å². The van der Waals surface area contributed by atoms with Crippen LogP contribution in [0.1, 0.15) is 92.4 Å². The molecule has 4 bridgehead atoms. The molecule has 0 radical (unpaired) electrons. The second-order valence-electron chi connectivity index (χ2n) is 11.3. The molecule has 2 fully saturated rings. The quantitative estimate of drug-likeness (QED) is 0.235. The summed E-state index contributed by atoms with van der Waals surface area (Å²) in [6, 6.07) is 0. The number of carbonyl (C=O) groups excluding carboxylic acids is 1. The van der Waals surface area contributed by atoms with Gasteiger partial charge in [-0.1, -0.05) is 69.7 Å². The lowest BCUT2D eigenvalue weighted by molar-refractivity contribution is -0.157. The Balaban J connectivity index is 1.76. The Hall–Kier alpha value is -1.65. The third-order valence-corrected chi connectivity index (χ3v) is 7.70. The summed E-state index contributed by atoms with van der Waals surface area (Å²) in [7, 11) is 0. The van der Waals surface area contributed by atoms with E-state index < -0.39 is 0 Å². The molecule has 4 nitrogen and oxygen atoms in total. The van der Waals surface area contributed by atoms with Gasteiger partial charge in [-0.05, 0) is 76.2 Å². The van der Waals surface area contributed by atoms with Crippen molar-refractivity contribution in [2.45, 2.75) is 123 Å². The minimum absolute atomic E-state index is 0.0684. The SMILES string of the molecule is CC/C(C)=C/C=C\C=C\C1OC(=O)CC2C[C@H](C)C[C@H](CC3CCC[C@H](C[C@@H](C)/C=C/[C@@H]1C)O3)O2. The van der Waals surface area contributed by atoms with Crippen LogP contribution < -0.4 is 0 Å². The van der Waals surface area contributed by atoms with Crippen molar-refractivity contribution in [2.75, 3.05) is 0 Å². The molecule has 0 aromatic rings. The lowest BCUT2D eigenvalue weighted by atomic mass is 9.88. The Morgan fingerprint density at radius 1 is 0.914 bits per heavy atom. The van der Waals surface area contributed by atoms with Crippen LogP contribution >= 0.6 is 0 Å². The van der Waals surface area contributed by atoms with Crippen LogP contribution in [0.5, 0.6) is 0 Å². The molecule has 3 rings (SSSR count). The van der Waals surface area contributed by atoms with Crippen LogP contribution in [0.2, 0.25) is 0 Å². The molecule has 196 valence electrons. The normalized spacial score (nSPS) is 39.0. The molecule has 0 N–H and O–H groups in total. The molecule has 8 atom stereocenters. The van der Waals surface area contributed by atoms with Crippen molar-refractivity contribution < 1.29 is 19.0 Å². The molecule has 0 aromatic carbocycles. The van der Waals surface area contributed by atoms with Crippen molar-refractivity contribution in [3.05, 3.63) is 48.1 Å². The molecule has 0 aliphatic carbocycles. The van der Waals surface area contributed by atoms with Gasteiger partial charge in [0.25, 0.3) is 0 Å². The Labute approximate surface area is 213 Å². The molecule has 2 saturated heterocycles. The van der Waals surface area contributed by atoms with Gasteiger partial charge in [0.05, 0.1) is 30.8 Å². The lowest BCUT2D eigenvalue weighted by Crippen LogP contribution is -2.38. The third kappa shape index (κ3) is 9.73. The zero-order chi connectivity index (χ0) is 25.2. The highest BCUT2D eigenvalue weighted by atomic mass is 16.5. The number of cyclic esters (lactones) is 1. The summed E-state index contributed by atoms with van der Waals surface area (Å²) in [5.41, 5.74) is 1.34. The number of hydrogen-bond acceptors (Lipinski definition) is 4. The van der Waals surface area contributed by atoms with Crippen LogP contribution in [0.15, 0.2) is 48.1 Å². The molecule has 3 aliphatic rings. The van der Waals surface area contributed by atoms with Crippen molar-refractivity contribution in [1.29, 1.82) is 0 Å². The van der Waals surface area contributed by atoms with Gasteiger partial charge in [-0.15, -0.1) is 0 Å². The average molecular weight is 485 g/mol. The Kier molecular flexibility index (Phi) is 11.3. The Morgan fingerprint density at radius 3 is 2.40 bits per heavy atom. The first kappa shape index (κ1) is 27.9. The van der Waals surface area contributed by atoms with Crippen LogP contribution in [0.3, 0.4) is 0 Å². The number of rotatable bonds is 4. The van der Waals surface area contributed by atoms with Gasteiger partial charge in [0.1, 0.15) is 6.10 Å². The smallest absolute Gasteiger partial charge is 0.309 e. The topological polar surface area (TPSA) is 44.8 Å². The van der Waals surface area contributed by atoms with E-state index in [4.69, 9.17) is 14.2 Å². The second-order valence-corrected chi connectivity index (χ2v) is 11.3. The van der Waals surface area contributed by atoms with E-state index in [9.17, 15) is 4.79 Å². The first-order valence-corrected chi connectivity index (χ1v) is 14.0. The fraction of sp³-hybridized carbons (Fsp3) is 0.710. The number of allylic oxidation sites excluding steroid dienone is 6. The largest absolute Gasteiger partial charge is 0.457 e. The minimum Gasteiger partial charge on any atom is -0.457 e. The molecular weight excluding hydrogens is 436 g/mol. The van der Waals surface area contributed by atoms with Crippen LogP contribution in [0.4, 0.5) is 0 Å². The van der Waals surface area contributed by atoms with Crippen molar-refractivity contribution in [1.82, 2.24) is 0 Å². The van der Waals surface area contributed by atoms with Gasteiger partial charge < -0.3 is 14.2 Å².